The maximum atomic E-state index is 13.5. The normalized spacial score (nSPS) is 13.1. The van der Waals surface area contributed by atoms with E-state index < -0.39 is 54.2 Å². The minimum atomic E-state index is -0.990. The Kier molecular flexibility index (Phi) is 5.44. The number of fused-ring (bicyclic) bond motifs is 1. The lowest BCUT2D eigenvalue weighted by molar-refractivity contribution is -0.150. The second-order valence-electron chi connectivity index (χ2n) is 5.95. The molecule has 0 radical (unpaired) electrons. The Morgan fingerprint density at radius 2 is 1.86 bits per heavy atom. The van der Waals surface area contributed by atoms with Gasteiger partial charge < -0.3 is 10.1 Å². The summed E-state index contributed by atoms with van der Waals surface area (Å²) in [6.07, 6.45) is -0.0332. The van der Waals surface area contributed by atoms with Crippen LogP contribution in [0.25, 0.3) is 0 Å². The molecule has 0 atom stereocenters. The first kappa shape index (κ1) is 19.2. The molecule has 3 rings (SSSR count). The van der Waals surface area contributed by atoms with Crippen LogP contribution in [-0.4, -0.2) is 41.7 Å². The number of hydrogen-bond acceptors (Lipinski definition) is 5. The van der Waals surface area contributed by atoms with E-state index in [0.29, 0.717) is 11.1 Å². The number of nitrogens with zero attached hydrogens (tertiary/aromatic N) is 1. The molecular formula is C19H14F2N2O5. The summed E-state index contributed by atoms with van der Waals surface area (Å²) in [5.41, 5.74) is 0.479. The number of ether oxygens (including phenoxy) is 1. The molecule has 0 saturated heterocycles. The molecule has 9 heteroatoms. The van der Waals surface area contributed by atoms with Gasteiger partial charge in [0.1, 0.15) is 18.2 Å². The summed E-state index contributed by atoms with van der Waals surface area (Å²) in [6, 6.07) is 9.03. The van der Waals surface area contributed by atoms with Gasteiger partial charge in [0, 0.05) is 11.6 Å². The zero-order valence-corrected chi connectivity index (χ0v) is 14.4. The highest BCUT2D eigenvalue weighted by Crippen LogP contribution is 2.19. The molecule has 0 saturated carbocycles. The average Bonchev–Trinajstić information content (AvgIpc) is 2.66. The van der Waals surface area contributed by atoms with E-state index in [0.717, 1.165) is 23.1 Å². The van der Waals surface area contributed by atoms with Gasteiger partial charge in [-0.15, -0.1) is 0 Å². The van der Waals surface area contributed by atoms with Crippen molar-refractivity contribution in [2.45, 2.75) is 6.42 Å². The van der Waals surface area contributed by atoms with Crippen molar-refractivity contribution in [3.8, 4) is 0 Å². The van der Waals surface area contributed by atoms with E-state index >= 15 is 0 Å². The van der Waals surface area contributed by atoms with Crippen LogP contribution in [0.15, 0.2) is 42.5 Å². The van der Waals surface area contributed by atoms with E-state index in [1.165, 1.54) is 0 Å². The molecule has 0 aliphatic carbocycles. The van der Waals surface area contributed by atoms with Crippen molar-refractivity contribution in [1.29, 1.82) is 0 Å². The number of carbonyl (C=O) groups is 4. The van der Waals surface area contributed by atoms with Crippen LogP contribution in [0, 0.1) is 11.6 Å². The van der Waals surface area contributed by atoms with E-state index in [4.69, 9.17) is 4.74 Å². The van der Waals surface area contributed by atoms with Crippen LogP contribution < -0.4 is 5.32 Å². The highest BCUT2D eigenvalue weighted by Gasteiger charge is 2.32. The van der Waals surface area contributed by atoms with Crippen molar-refractivity contribution in [3.63, 3.8) is 0 Å². The molecule has 1 N–H and O–H groups in total. The predicted octanol–water partition coefficient (Wildman–Crippen LogP) is 1.67. The summed E-state index contributed by atoms with van der Waals surface area (Å²) in [6.45, 7) is -1.45. The van der Waals surface area contributed by atoms with Crippen LogP contribution in [0.2, 0.25) is 0 Å². The van der Waals surface area contributed by atoms with E-state index in [1.807, 2.05) is 0 Å². The molecule has 3 amide bonds. The summed E-state index contributed by atoms with van der Waals surface area (Å²) in [4.78, 5) is 48.8. The average molecular weight is 388 g/mol. The number of amides is 3. The number of carbonyl (C=O) groups excluding carboxylic acids is 4. The summed E-state index contributed by atoms with van der Waals surface area (Å²) in [7, 11) is 0. The number of benzene rings is 2. The highest BCUT2D eigenvalue weighted by molar-refractivity contribution is 6.11. The van der Waals surface area contributed by atoms with Crippen LogP contribution in [0.1, 0.15) is 15.9 Å². The summed E-state index contributed by atoms with van der Waals surface area (Å²) < 4.78 is 31.3. The molecule has 1 aliphatic rings. The molecule has 0 bridgehead atoms. The van der Waals surface area contributed by atoms with Gasteiger partial charge in [-0.3, -0.25) is 24.1 Å². The fourth-order valence-corrected chi connectivity index (χ4v) is 2.66. The Labute approximate surface area is 157 Å². The first-order valence-electron chi connectivity index (χ1n) is 8.18. The number of anilines is 1. The molecule has 0 spiro atoms. The molecule has 1 heterocycles. The molecule has 7 nitrogen and oxygen atoms in total. The van der Waals surface area contributed by atoms with Gasteiger partial charge in [-0.2, -0.15) is 0 Å². The fraction of sp³-hybridized carbons (Fsp3) is 0.158. The van der Waals surface area contributed by atoms with Crippen molar-refractivity contribution in [2.75, 3.05) is 18.5 Å². The third-order valence-electron chi connectivity index (χ3n) is 3.99. The van der Waals surface area contributed by atoms with Crippen molar-refractivity contribution in [3.05, 3.63) is 65.2 Å². The zero-order valence-electron chi connectivity index (χ0n) is 14.4. The van der Waals surface area contributed by atoms with Crippen molar-refractivity contribution in [2.24, 2.45) is 0 Å². The van der Waals surface area contributed by atoms with Crippen LogP contribution in [0.3, 0.4) is 0 Å². The molecule has 28 heavy (non-hydrogen) atoms. The number of imide groups is 1. The minimum Gasteiger partial charge on any atom is -0.454 e. The molecule has 0 fully saturated rings. The number of esters is 1. The van der Waals surface area contributed by atoms with Gasteiger partial charge in [0.2, 0.25) is 5.91 Å². The quantitative estimate of drug-likeness (QED) is 0.621. The van der Waals surface area contributed by atoms with Crippen LogP contribution in [0.4, 0.5) is 14.5 Å². The van der Waals surface area contributed by atoms with E-state index in [-0.39, 0.29) is 6.42 Å². The van der Waals surface area contributed by atoms with Gasteiger partial charge in [0.05, 0.1) is 12.1 Å². The molecule has 0 unspecified atom stereocenters. The first-order chi connectivity index (χ1) is 13.3. The zero-order chi connectivity index (χ0) is 20.3. The Morgan fingerprint density at radius 3 is 2.64 bits per heavy atom. The molecule has 0 aromatic heterocycles. The lowest BCUT2D eigenvalue weighted by Gasteiger charge is -2.25. The predicted molar refractivity (Wildman–Crippen MR) is 92.1 cm³/mol. The molecule has 144 valence electrons. The van der Waals surface area contributed by atoms with Gasteiger partial charge >= 0.3 is 5.97 Å². The lowest BCUT2D eigenvalue weighted by atomic mass is 9.98. The van der Waals surface area contributed by atoms with Crippen LogP contribution >= 0.6 is 0 Å². The fourth-order valence-electron chi connectivity index (χ4n) is 2.66. The summed E-state index contributed by atoms with van der Waals surface area (Å²) in [5.74, 6) is -4.70. The number of rotatable bonds is 5. The van der Waals surface area contributed by atoms with Crippen LogP contribution in [-0.2, 0) is 25.5 Å². The minimum absolute atomic E-state index is 0.0332. The molecular weight excluding hydrogens is 374 g/mol. The number of hydrogen-bond donors (Lipinski definition) is 1. The SMILES string of the molecule is O=C(COC(=O)CN1C(=O)Cc2ccccc2C1=O)Nc1cc(F)ccc1F. The van der Waals surface area contributed by atoms with E-state index in [9.17, 15) is 28.0 Å². The maximum absolute atomic E-state index is 13.5. The Bertz CT molecular complexity index is 977. The second kappa shape index (κ2) is 7.95. The van der Waals surface area contributed by atoms with Crippen molar-refractivity contribution < 1.29 is 32.7 Å². The standard InChI is InChI=1S/C19H14F2N2O5/c20-12-5-6-14(21)15(8-12)22-16(24)10-28-18(26)9-23-17(25)7-11-3-1-2-4-13(11)19(23)27/h1-6,8H,7,9-10H2,(H,22,24). The third kappa shape index (κ3) is 4.20. The van der Waals surface area contributed by atoms with E-state index in [2.05, 4.69) is 5.32 Å². The van der Waals surface area contributed by atoms with Gasteiger partial charge in [0.15, 0.2) is 6.61 Å². The summed E-state index contributed by atoms with van der Waals surface area (Å²) in [5, 5.41) is 2.06. The van der Waals surface area contributed by atoms with Gasteiger partial charge in [-0.05, 0) is 23.8 Å². The molecule has 2 aromatic rings. The third-order valence-corrected chi connectivity index (χ3v) is 3.99. The Balaban J connectivity index is 1.56. The van der Waals surface area contributed by atoms with Gasteiger partial charge in [-0.1, -0.05) is 18.2 Å². The first-order valence-corrected chi connectivity index (χ1v) is 8.18. The maximum Gasteiger partial charge on any atom is 0.326 e. The van der Waals surface area contributed by atoms with Crippen molar-refractivity contribution >= 4 is 29.4 Å². The Hall–Kier alpha value is -3.62. The molecule has 2 aromatic carbocycles. The Morgan fingerprint density at radius 1 is 1.11 bits per heavy atom. The number of halogens is 2. The van der Waals surface area contributed by atoms with Gasteiger partial charge in [-0.25, -0.2) is 8.78 Å². The van der Waals surface area contributed by atoms with Crippen LogP contribution in [0.5, 0.6) is 0 Å². The molecule has 1 aliphatic heterocycles. The monoisotopic (exact) mass is 388 g/mol. The topological polar surface area (TPSA) is 92.8 Å². The van der Waals surface area contributed by atoms with E-state index in [1.54, 1.807) is 24.3 Å². The largest absolute Gasteiger partial charge is 0.454 e. The highest BCUT2D eigenvalue weighted by atomic mass is 19.1. The smallest absolute Gasteiger partial charge is 0.326 e. The van der Waals surface area contributed by atoms with Crippen molar-refractivity contribution in [1.82, 2.24) is 4.90 Å². The number of nitrogens with one attached hydrogen (secondary N) is 1. The lowest BCUT2D eigenvalue weighted by Crippen LogP contribution is -2.45. The summed E-state index contributed by atoms with van der Waals surface area (Å²) >= 11 is 0. The second-order valence-corrected chi connectivity index (χ2v) is 5.95. The van der Waals surface area contributed by atoms with Gasteiger partial charge in [0.25, 0.3) is 11.8 Å².